The number of hydrogen-bond donors (Lipinski definition) is 1. The summed E-state index contributed by atoms with van der Waals surface area (Å²) in [5.74, 6) is 2.28. The third kappa shape index (κ3) is 3.88. The Bertz CT molecular complexity index is 703. The number of nitrogens with one attached hydrogen (secondary N) is 1. The van der Waals surface area contributed by atoms with Gasteiger partial charge in [-0.05, 0) is 25.7 Å². The normalized spacial score (nSPS) is 22.2. The zero-order valence-electron chi connectivity index (χ0n) is 15.1. The fourth-order valence-electron chi connectivity index (χ4n) is 3.55. The highest BCUT2D eigenvalue weighted by Crippen LogP contribution is 2.43. The number of anilines is 2. The van der Waals surface area contributed by atoms with Crippen molar-refractivity contribution in [2.75, 3.05) is 55.9 Å². The lowest BCUT2D eigenvalue weighted by molar-refractivity contribution is -0.0454. The molecule has 1 N–H and O–H groups in total. The van der Waals surface area contributed by atoms with E-state index in [-0.39, 0.29) is 11.4 Å². The van der Waals surface area contributed by atoms with Crippen LogP contribution in [0.3, 0.4) is 0 Å². The van der Waals surface area contributed by atoms with Gasteiger partial charge < -0.3 is 14.5 Å². The zero-order chi connectivity index (χ0) is 18.1. The van der Waals surface area contributed by atoms with Gasteiger partial charge in [0.2, 0.25) is 10.0 Å². The smallest absolute Gasteiger partial charge is 0.211 e. The minimum absolute atomic E-state index is 0.120. The maximum absolute atomic E-state index is 11.6. The highest BCUT2D eigenvalue weighted by molar-refractivity contribution is 7.89. The van der Waals surface area contributed by atoms with Gasteiger partial charge in [-0.1, -0.05) is 0 Å². The van der Waals surface area contributed by atoms with Gasteiger partial charge in [0.15, 0.2) is 0 Å². The van der Waals surface area contributed by atoms with Crippen LogP contribution in [0.15, 0.2) is 12.4 Å². The maximum atomic E-state index is 11.6. The second-order valence-corrected chi connectivity index (χ2v) is 9.07. The van der Waals surface area contributed by atoms with Crippen LogP contribution in [0.1, 0.15) is 19.8 Å². The summed E-state index contributed by atoms with van der Waals surface area (Å²) in [4.78, 5) is 12.8. The summed E-state index contributed by atoms with van der Waals surface area (Å²) in [7, 11) is 0.784. The molecular weight excluding hydrogens is 342 g/mol. The van der Waals surface area contributed by atoms with Crippen molar-refractivity contribution in [1.29, 1.82) is 0 Å². The summed E-state index contributed by atoms with van der Waals surface area (Å²) in [6.45, 7) is 4.45. The third-order valence-electron chi connectivity index (χ3n) is 5.13. The zero-order valence-corrected chi connectivity index (χ0v) is 15.9. The molecule has 140 valence electrons. The summed E-state index contributed by atoms with van der Waals surface area (Å²) in [6, 6.07) is 1.98. The van der Waals surface area contributed by atoms with E-state index in [1.54, 1.807) is 13.3 Å². The molecule has 2 fully saturated rings. The molecule has 8 nitrogen and oxygen atoms in total. The molecule has 1 aromatic heterocycles. The van der Waals surface area contributed by atoms with Crippen LogP contribution in [-0.4, -0.2) is 70.1 Å². The van der Waals surface area contributed by atoms with E-state index in [9.17, 15) is 8.42 Å². The first-order valence-electron chi connectivity index (χ1n) is 8.71. The van der Waals surface area contributed by atoms with Gasteiger partial charge >= 0.3 is 0 Å². The molecule has 0 unspecified atom stereocenters. The Balaban J connectivity index is 1.58. The summed E-state index contributed by atoms with van der Waals surface area (Å²) in [5, 5.41) is 0. The van der Waals surface area contributed by atoms with Gasteiger partial charge in [0.1, 0.15) is 23.6 Å². The van der Waals surface area contributed by atoms with Crippen molar-refractivity contribution in [2.45, 2.75) is 25.4 Å². The average Bonchev–Trinajstić information content (AvgIpc) is 2.97. The molecular formula is C16H27N5O3S. The van der Waals surface area contributed by atoms with E-state index in [0.29, 0.717) is 12.5 Å². The Morgan fingerprint density at radius 2 is 2.16 bits per heavy atom. The molecule has 0 radical (unpaired) electrons. The van der Waals surface area contributed by atoms with Gasteiger partial charge in [0.05, 0.1) is 18.8 Å². The quantitative estimate of drug-likeness (QED) is 0.747. The Morgan fingerprint density at radius 1 is 1.40 bits per heavy atom. The Morgan fingerprint density at radius 3 is 2.84 bits per heavy atom. The lowest BCUT2D eigenvalue weighted by Gasteiger charge is -2.51. The van der Waals surface area contributed by atoms with Crippen LogP contribution in [0.2, 0.25) is 0 Å². The molecule has 2 aliphatic rings. The van der Waals surface area contributed by atoms with Crippen molar-refractivity contribution in [1.82, 2.24) is 14.7 Å². The van der Waals surface area contributed by atoms with Gasteiger partial charge in [-0.3, -0.25) is 0 Å². The number of ether oxygens (including phenoxy) is 1. The van der Waals surface area contributed by atoms with Crippen LogP contribution in [0, 0.1) is 5.92 Å². The lowest BCUT2D eigenvalue weighted by atomic mass is 9.79. The largest absolute Gasteiger partial charge is 0.371 e. The fourth-order valence-corrected chi connectivity index (χ4v) is 4.18. The Kier molecular flexibility index (Phi) is 5.17. The first-order chi connectivity index (χ1) is 11.9. The number of rotatable bonds is 7. The van der Waals surface area contributed by atoms with E-state index < -0.39 is 10.0 Å². The minimum atomic E-state index is -3.13. The van der Waals surface area contributed by atoms with Crippen molar-refractivity contribution in [3.05, 3.63) is 12.4 Å². The van der Waals surface area contributed by atoms with Crippen molar-refractivity contribution in [2.24, 2.45) is 5.92 Å². The molecule has 0 aromatic carbocycles. The summed E-state index contributed by atoms with van der Waals surface area (Å²) in [6.07, 6.45) is 3.37. The van der Waals surface area contributed by atoms with Crippen LogP contribution in [-0.2, 0) is 14.8 Å². The van der Waals surface area contributed by atoms with Crippen LogP contribution in [0.4, 0.5) is 11.6 Å². The van der Waals surface area contributed by atoms with Gasteiger partial charge in [0.25, 0.3) is 0 Å². The summed E-state index contributed by atoms with van der Waals surface area (Å²) < 4.78 is 31.9. The molecule has 2 aliphatic heterocycles. The second-order valence-electron chi connectivity index (χ2n) is 6.97. The van der Waals surface area contributed by atoms with E-state index in [4.69, 9.17) is 4.74 Å². The van der Waals surface area contributed by atoms with Gasteiger partial charge in [-0.15, -0.1) is 0 Å². The molecule has 3 rings (SSSR count). The van der Waals surface area contributed by atoms with Crippen molar-refractivity contribution >= 4 is 21.7 Å². The van der Waals surface area contributed by atoms with Crippen LogP contribution >= 0.6 is 0 Å². The van der Waals surface area contributed by atoms with Gasteiger partial charge in [0, 0.05) is 33.3 Å². The van der Waals surface area contributed by atoms with E-state index in [1.807, 2.05) is 25.1 Å². The van der Waals surface area contributed by atoms with Crippen LogP contribution in [0.25, 0.3) is 0 Å². The molecule has 1 atom stereocenters. The number of nitrogens with zero attached hydrogens (tertiary/aromatic N) is 4. The molecule has 0 amide bonds. The molecule has 9 heteroatoms. The molecule has 25 heavy (non-hydrogen) atoms. The van der Waals surface area contributed by atoms with Crippen molar-refractivity contribution in [3.63, 3.8) is 0 Å². The van der Waals surface area contributed by atoms with E-state index >= 15 is 0 Å². The second kappa shape index (κ2) is 7.05. The number of hydrogen-bond acceptors (Lipinski definition) is 7. The van der Waals surface area contributed by atoms with Crippen LogP contribution in [0.5, 0.6) is 0 Å². The Labute approximate surface area is 149 Å². The van der Waals surface area contributed by atoms with Gasteiger partial charge in [-0.2, -0.15) is 0 Å². The fraction of sp³-hybridized carbons (Fsp3) is 0.750. The monoisotopic (exact) mass is 369 g/mol. The lowest BCUT2D eigenvalue weighted by Crippen LogP contribution is -2.65. The molecule has 1 spiro atoms. The molecule has 0 saturated carbocycles. The first kappa shape index (κ1) is 18.3. The molecule has 3 heterocycles. The van der Waals surface area contributed by atoms with Crippen molar-refractivity contribution < 1.29 is 13.2 Å². The SMILES string of the molecule is CCS(=O)(=O)NCC[C@@H]1CCOC12CN(c1cc(N(C)C)ncn1)C2. The summed E-state index contributed by atoms with van der Waals surface area (Å²) >= 11 is 0. The summed E-state index contributed by atoms with van der Waals surface area (Å²) in [5.41, 5.74) is -0.166. The van der Waals surface area contributed by atoms with E-state index in [0.717, 1.165) is 44.2 Å². The molecule has 1 aromatic rings. The standard InChI is InChI=1S/C16H27N5O3S/c1-4-25(22,23)19-7-5-13-6-8-24-16(13)10-21(11-16)15-9-14(20(2)3)17-12-18-15/h9,12-13,19H,4-8,10-11H2,1-3H3/t13-/m1/s1. The van der Waals surface area contributed by atoms with E-state index in [1.165, 1.54) is 0 Å². The van der Waals surface area contributed by atoms with Crippen LogP contribution < -0.4 is 14.5 Å². The maximum Gasteiger partial charge on any atom is 0.211 e. The third-order valence-corrected chi connectivity index (χ3v) is 6.54. The van der Waals surface area contributed by atoms with Gasteiger partial charge in [-0.25, -0.2) is 23.1 Å². The molecule has 2 saturated heterocycles. The molecule has 0 bridgehead atoms. The van der Waals surface area contributed by atoms with Crippen molar-refractivity contribution in [3.8, 4) is 0 Å². The highest BCUT2D eigenvalue weighted by atomic mass is 32.2. The topological polar surface area (TPSA) is 87.7 Å². The average molecular weight is 369 g/mol. The number of sulfonamides is 1. The minimum Gasteiger partial charge on any atom is -0.371 e. The first-order valence-corrected chi connectivity index (χ1v) is 10.4. The number of aromatic nitrogens is 2. The Hall–Kier alpha value is -1.45. The van der Waals surface area contributed by atoms with E-state index in [2.05, 4.69) is 19.6 Å². The highest BCUT2D eigenvalue weighted by Gasteiger charge is 2.53. The predicted molar refractivity (Wildman–Crippen MR) is 97.4 cm³/mol. The predicted octanol–water partition coefficient (Wildman–Crippen LogP) is 0.467. The molecule has 0 aliphatic carbocycles.